The molecule has 1 unspecified atom stereocenters. The lowest BCUT2D eigenvalue weighted by atomic mass is 10.0. The van der Waals surface area contributed by atoms with E-state index in [1.54, 1.807) is 24.8 Å². The van der Waals surface area contributed by atoms with Gasteiger partial charge in [-0.2, -0.15) is 18.4 Å². The molecule has 1 aliphatic carbocycles. The molecule has 1 N–H and O–H groups in total. The number of amides is 2. The van der Waals surface area contributed by atoms with Gasteiger partial charge in [0.05, 0.1) is 22.9 Å². The summed E-state index contributed by atoms with van der Waals surface area (Å²) in [4.78, 5) is 29.3. The Morgan fingerprint density at radius 2 is 1.97 bits per heavy atom. The number of nitriles is 1. The van der Waals surface area contributed by atoms with Crippen molar-refractivity contribution in [1.82, 2.24) is 15.4 Å². The highest BCUT2D eigenvalue weighted by Crippen LogP contribution is 2.35. The molecule has 8 nitrogen and oxygen atoms in total. The van der Waals surface area contributed by atoms with Crippen LogP contribution in [0.25, 0.3) is 0 Å². The standard InChI is InChI=1S/C22H22F3N5O3/c1-12-19(13(2)33-28-12)21(32)30-8-7-29(11-18(30)20(31)27-15-4-5-15)16-6-3-14(10-26)17(9-16)22(23,24)25/h3,6,9,15,18H,4-5,7-8,11H2,1-2H3,(H,27,31). The van der Waals surface area contributed by atoms with Crippen molar-refractivity contribution in [1.29, 1.82) is 5.26 Å². The van der Waals surface area contributed by atoms with Crippen molar-refractivity contribution >= 4 is 17.5 Å². The molecule has 2 amide bonds. The number of nitrogens with one attached hydrogen (secondary N) is 1. The molecule has 0 radical (unpaired) electrons. The van der Waals surface area contributed by atoms with E-state index in [1.165, 1.54) is 11.0 Å². The molecule has 0 spiro atoms. The molecule has 4 rings (SSSR count). The Kier molecular flexibility index (Phi) is 5.78. The van der Waals surface area contributed by atoms with Crippen LogP contribution in [-0.2, 0) is 11.0 Å². The molecule has 11 heteroatoms. The highest BCUT2D eigenvalue weighted by molar-refractivity contribution is 5.99. The number of alkyl halides is 3. The zero-order valence-electron chi connectivity index (χ0n) is 18.1. The molecular weight excluding hydrogens is 439 g/mol. The first-order valence-corrected chi connectivity index (χ1v) is 10.5. The number of anilines is 1. The molecule has 174 valence electrons. The van der Waals surface area contributed by atoms with Crippen molar-refractivity contribution < 1.29 is 27.3 Å². The number of halogens is 3. The summed E-state index contributed by atoms with van der Waals surface area (Å²) in [5.74, 6) is -0.423. The fourth-order valence-electron chi connectivity index (χ4n) is 4.00. The van der Waals surface area contributed by atoms with Gasteiger partial charge in [-0.3, -0.25) is 9.59 Å². The van der Waals surface area contributed by atoms with Crippen LogP contribution in [0.4, 0.5) is 18.9 Å². The molecule has 1 aromatic heterocycles. The largest absolute Gasteiger partial charge is 0.417 e. The van der Waals surface area contributed by atoms with E-state index >= 15 is 0 Å². The highest BCUT2D eigenvalue weighted by atomic mass is 19.4. The number of piperazine rings is 1. The monoisotopic (exact) mass is 461 g/mol. The number of aromatic nitrogens is 1. The van der Waals surface area contributed by atoms with Crippen LogP contribution in [-0.4, -0.2) is 53.6 Å². The van der Waals surface area contributed by atoms with Crippen molar-refractivity contribution in [2.24, 2.45) is 0 Å². The molecule has 2 aliphatic rings. The number of hydrogen-bond acceptors (Lipinski definition) is 6. The summed E-state index contributed by atoms with van der Waals surface area (Å²) in [5, 5.41) is 15.7. The second-order valence-corrected chi connectivity index (χ2v) is 8.28. The Morgan fingerprint density at radius 1 is 1.24 bits per heavy atom. The van der Waals surface area contributed by atoms with Crippen LogP contribution in [0.1, 0.15) is 45.8 Å². The molecule has 1 saturated carbocycles. The number of carbonyl (C=O) groups excluding carboxylic acids is 2. The summed E-state index contributed by atoms with van der Waals surface area (Å²) in [7, 11) is 0. The van der Waals surface area contributed by atoms with E-state index < -0.39 is 29.3 Å². The smallest absolute Gasteiger partial charge is 0.367 e. The van der Waals surface area contributed by atoms with Crippen molar-refractivity contribution in [3.8, 4) is 6.07 Å². The number of nitrogens with zero attached hydrogens (tertiary/aromatic N) is 4. The maximum Gasteiger partial charge on any atom is 0.417 e. The van der Waals surface area contributed by atoms with Gasteiger partial charge in [0, 0.05) is 31.4 Å². The molecule has 1 saturated heterocycles. The number of rotatable bonds is 4. The lowest BCUT2D eigenvalue weighted by molar-refractivity contribution is -0.137. The maximum absolute atomic E-state index is 13.4. The van der Waals surface area contributed by atoms with Crippen molar-refractivity contribution in [2.45, 2.75) is 44.9 Å². The molecule has 2 heterocycles. The minimum Gasteiger partial charge on any atom is -0.367 e. The number of benzene rings is 1. The first-order valence-electron chi connectivity index (χ1n) is 10.5. The van der Waals surface area contributed by atoms with E-state index in [4.69, 9.17) is 9.78 Å². The van der Waals surface area contributed by atoms with E-state index in [-0.39, 0.29) is 42.8 Å². The third-order valence-electron chi connectivity index (χ3n) is 5.91. The summed E-state index contributed by atoms with van der Waals surface area (Å²) < 4.78 is 45.4. The van der Waals surface area contributed by atoms with Crippen LogP contribution in [0, 0.1) is 25.2 Å². The van der Waals surface area contributed by atoms with Crippen LogP contribution >= 0.6 is 0 Å². The molecule has 2 aromatic rings. The molecule has 1 atom stereocenters. The van der Waals surface area contributed by atoms with E-state index in [0.29, 0.717) is 11.5 Å². The SMILES string of the molecule is Cc1noc(C)c1C(=O)N1CCN(c2ccc(C#N)c(C(F)(F)F)c2)CC1C(=O)NC1CC1. The first kappa shape index (κ1) is 22.6. The summed E-state index contributed by atoms with van der Waals surface area (Å²) in [6.45, 7) is 3.59. The van der Waals surface area contributed by atoms with E-state index in [0.717, 1.165) is 25.0 Å². The van der Waals surface area contributed by atoms with Gasteiger partial charge in [-0.15, -0.1) is 0 Å². The van der Waals surface area contributed by atoms with Gasteiger partial charge in [0.2, 0.25) is 5.91 Å². The summed E-state index contributed by atoms with van der Waals surface area (Å²) in [5.41, 5.74) is -0.583. The van der Waals surface area contributed by atoms with Crippen LogP contribution in [0.5, 0.6) is 0 Å². The van der Waals surface area contributed by atoms with Gasteiger partial charge in [-0.1, -0.05) is 5.16 Å². The summed E-state index contributed by atoms with van der Waals surface area (Å²) in [6.07, 6.45) is -2.99. The second-order valence-electron chi connectivity index (χ2n) is 8.28. The van der Waals surface area contributed by atoms with Crippen molar-refractivity contribution in [2.75, 3.05) is 24.5 Å². The van der Waals surface area contributed by atoms with E-state index in [2.05, 4.69) is 10.5 Å². The number of aryl methyl sites for hydroxylation is 2. The topological polar surface area (TPSA) is 102 Å². The van der Waals surface area contributed by atoms with Crippen molar-refractivity contribution in [3.63, 3.8) is 0 Å². The Morgan fingerprint density at radius 3 is 2.55 bits per heavy atom. The number of carbonyl (C=O) groups is 2. The van der Waals surface area contributed by atoms with Gasteiger partial charge in [0.1, 0.15) is 17.4 Å². The van der Waals surface area contributed by atoms with Gasteiger partial charge in [0.15, 0.2) is 0 Å². The molecular formula is C22H22F3N5O3. The maximum atomic E-state index is 13.4. The Balaban J connectivity index is 1.64. The molecule has 2 fully saturated rings. The van der Waals surface area contributed by atoms with Crippen LogP contribution in [0.2, 0.25) is 0 Å². The third kappa shape index (κ3) is 4.51. The molecule has 1 aromatic carbocycles. The Hall–Kier alpha value is -3.55. The van der Waals surface area contributed by atoms with Crippen LogP contribution in [0.3, 0.4) is 0 Å². The normalized spacial score (nSPS) is 18.7. The van der Waals surface area contributed by atoms with Crippen molar-refractivity contribution in [3.05, 3.63) is 46.3 Å². The van der Waals surface area contributed by atoms with Crippen LogP contribution in [0.15, 0.2) is 22.7 Å². The number of hydrogen-bond donors (Lipinski definition) is 1. The Labute approximate surface area is 187 Å². The van der Waals surface area contributed by atoms with Gasteiger partial charge in [-0.05, 0) is 44.9 Å². The second kappa shape index (κ2) is 8.42. The molecule has 0 bridgehead atoms. The lowest BCUT2D eigenvalue weighted by Gasteiger charge is -2.41. The predicted molar refractivity (Wildman–Crippen MR) is 110 cm³/mol. The Bertz CT molecular complexity index is 1110. The minimum absolute atomic E-state index is 0.0108. The quantitative estimate of drug-likeness (QED) is 0.751. The average molecular weight is 461 g/mol. The minimum atomic E-state index is -4.69. The van der Waals surface area contributed by atoms with Gasteiger partial charge in [0.25, 0.3) is 5.91 Å². The third-order valence-corrected chi connectivity index (χ3v) is 5.91. The molecule has 33 heavy (non-hydrogen) atoms. The average Bonchev–Trinajstić information content (AvgIpc) is 3.53. The van der Waals surface area contributed by atoms with Crippen LogP contribution < -0.4 is 10.2 Å². The fraction of sp³-hybridized carbons (Fsp3) is 0.455. The van der Waals surface area contributed by atoms with E-state index in [9.17, 15) is 22.8 Å². The highest BCUT2D eigenvalue weighted by Gasteiger charge is 2.40. The summed E-state index contributed by atoms with van der Waals surface area (Å²) >= 11 is 0. The fourth-order valence-corrected chi connectivity index (χ4v) is 4.00. The first-order chi connectivity index (χ1) is 15.6. The van der Waals surface area contributed by atoms with Gasteiger partial charge < -0.3 is 19.6 Å². The van der Waals surface area contributed by atoms with Gasteiger partial charge >= 0.3 is 6.18 Å². The molecule has 1 aliphatic heterocycles. The predicted octanol–water partition coefficient (Wildman–Crippen LogP) is 2.79. The zero-order valence-corrected chi connectivity index (χ0v) is 18.1. The van der Waals surface area contributed by atoms with E-state index in [1.807, 2.05) is 0 Å². The zero-order chi connectivity index (χ0) is 23.9. The lowest BCUT2D eigenvalue weighted by Crippen LogP contribution is -2.61. The summed E-state index contributed by atoms with van der Waals surface area (Å²) in [6, 6.07) is 4.17. The van der Waals surface area contributed by atoms with Gasteiger partial charge in [-0.25, -0.2) is 0 Å².